The van der Waals surface area contributed by atoms with Crippen LogP contribution in [0.2, 0.25) is 0 Å². The van der Waals surface area contributed by atoms with E-state index in [-0.39, 0.29) is 12.0 Å². The third-order valence-corrected chi connectivity index (χ3v) is 2.96. The van der Waals surface area contributed by atoms with Crippen LogP contribution in [0.3, 0.4) is 0 Å². The molecule has 0 radical (unpaired) electrons. The summed E-state index contributed by atoms with van der Waals surface area (Å²) in [5, 5.41) is 1.28. The number of hydrogen-bond donors (Lipinski definition) is 2. The van der Waals surface area contributed by atoms with Gasteiger partial charge in [-0.1, -0.05) is 0 Å². The molecule has 0 fully saturated rings. The maximum absolute atomic E-state index is 5.30. The van der Waals surface area contributed by atoms with Crippen LogP contribution < -0.4 is 16.0 Å². The minimum atomic E-state index is 0.204. The fraction of sp³-hybridized carbons (Fsp3) is 0.273. The van der Waals surface area contributed by atoms with Crippen LogP contribution in [0.5, 0.6) is 6.01 Å². The highest BCUT2D eigenvalue weighted by Crippen LogP contribution is 2.25. The van der Waals surface area contributed by atoms with Gasteiger partial charge < -0.3 is 4.74 Å². The van der Waals surface area contributed by atoms with E-state index in [1.807, 2.05) is 26.0 Å². The van der Waals surface area contributed by atoms with E-state index in [4.69, 9.17) is 10.6 Å². The molecule has 0 saturated carbocycles. The average molecular weight is 278 g/mol. The van der Waals surface area contributed by atoms with Gasteiger partial charge >= 0.3 is 6.01 Å². The molecule has 0 unspecified atom stereocenters. The Balaban J connectivity index is 2.31. The Morgan fingerprint density at radius 1 is 1.16 bits per heavy atom. The van der Waals surface area contributed by atoms with Gasteiger partial charge in [-0.25, -0.2) is 10.8 Å². The number of aromatic nitrogens is 4. The first kappa shape index (κ1) is 13.5. The molecule has 7 nitrogen and oxygen atoms in total. The Morgan fingerprint density at radius 2 is 1.95 bits per heavy atom. The fourth-order valence-corrected chi connectivity index (χ4v) is 2.37. The van der Waals surface area contributed by atoms with Gasteiger partial charge in [0.15, 0.2) is 0 Å². The zero-order valence-corrected chi connectivity index (χ0v) is 11.7. The van der Waals surface area contributed by atoms with Gasteiger partial charge in [-0.15, -0.1) is 0 Å². The van der Waals surface area contributed by atoms with Gasteiger partial charge in [0, 0.05) is 5.69 Å². The molecule has 0 aliphatic carbocycles. The predicted molar refractivity (Wildman–Crippen MR) is 72.0 cm³/mol. The second-order valence-electron chi connectivity index (χ2n) is 3.80. The minimum Gasteiger partial charge on any atom is -0.467 e. The van der Waals surface area contributed by atoms with E-state index in [9.17, 15) is 0 Å². The van der Waals surface area contributed by atoms with Crippen molar-refractivity contribution in [2.45, 2.75) is 24.0 Å². The van der Waals surface area contributed by atoms with E-state index in [1.165, 1.54) is 18.9 Å². The van der Waals surface area contributed by atoms with Crippen LogP contribution in [0.25, 0.3) is 0 Å². The molecule has 2 rings (SSSR count). The number of nitrogens with zero attached hydrogens (tertiary/aromatic N) is 4. The summed E-state index contributed by atoms with van der Waals surface area (Å²) in [7, 11) is 1.49. The molecule has 0 aliphatic rings. The standard InChI is InChI=1S/C11H14N6OS/c1-6-4-7(2)13-8(5-6)19-11-15-9(17-12)14-10(16-11)18-3/h4-5H,12H2,1-3H3,(H,14,15,16,17). The van der Waals surface area contributed by atoms with Gasteiger partial charge in [0.05, 0.1) is 7.11 Å². The quantitative estimate of drug-likeness (QED) is 0.638. The topological polar surface area (TPSA) is 98.8 Å². The third kappa shape index (κ3) is 3.52. The number of anilines is 1. The summed E-state index contributed by atoms with van der Waals surface area (Å²) in [6.07, 6.45) is 0. The zero-order valence-electron chi connectivity index (χ0n) is 10.8. The molecular weight excluding hydrogens is 264 g/mol. The number of ether oxygens (including phenoxy) is 1. The molecule has 0 aliphatic heterocycles. The van der Waals surface area contributed by atoms with Crippen molar-refractivity contribution in [1.29, 1.82) is 0 Å². The first-order valence-corrected chi connectivity index (χ1v) is 6.32. The highest BCUT2D eigenvalue weighted by molar-refractivity contribution is 7.99. The molecule has 3 N–H and O–H groups in total. The van der Waals surface area contributed by atoms with Crippen LogP contribution in [0, 0.1) is 13.8 Å². The summed E-state index contributed by atoms with van der Waals surface area (Å²) in [5.74, 6) is 5.55. The number of nitrogens with two attached hydrogens (primary N) is 1. The van der Waals surface area contributed by atoms with Gasteiger partial charge in [0.1, 0.15) is 5.03 Å². The van der Waals surface area contributed by atoms with Crippen molar-refractivity contribution in [3.8, 4) is 6.01 Å². The lowest BCUT2D eigenvalue weighted by atomic mass is 10.3. The Bertz CT molecular complexity index is 549. The second kappa shape index (κ2) is 5.81. The van der Waals surface area contributed by atoms with Crippen LogP contribution in [0.4, 0.5) is 5.95 Å². The van der Waals surface area contributed by atoms with Crippen molar-refractivity contribution in [2.75, 3.05) is 12.5 Å². The van der Waals surface area contributed by atoms with E-state index in [1.54, 1.807) is 0 Å². The molecule has 2 aromatic heterocycles. The van der Waals surface area contributed by atoms with Crippen LogP contribution in [-0.2, 0) is 0 Å². The van der Waals surface area contributed by atoms with Crippen molar-refractivity contribution < 1.29 is 4.74 Å². The van der Waals surface area contributed by atoms with Gasteiger partial charge in [0.25, 0.3) is 0 Å². The van der Waals surface area contributed by atoms with E-state index in [2.05, 4.69) is 25.4 Å². The number of pyridine rings is 1. The number of nitrogens with one attached hydrogen (secondary N) is 1. The van der Waals surface area contributed by atoms with Crippen molar-refractivity contribution in [2.24, 2.45) is 5.84 Å². The van der Waals surface area contributed by atoms with E-state index >= 15 is 0 Å². The van der Waals surface area contributed by atoms with Gasteiger partial charge in [0.2, 0.25) is 11.1 Å². The lowest BCUT2D eigenvalue weighted by Crippen LogP contribution is -2.12. The number of rotatable bonds is 4. The summed E-state index contributed by atoms with van der Waals surface area (Å²) in [5.41, 5.74) is 4.45. The second-order valence-corrected chi connectivity index (χ2v) is 4.79. The van der Waals surface area contributed by atoms with Crippen LogP contribution >= 0.6 is 11.8 Å². The maximum atomic E-state index is 5.30. The molecule has 19 heavy (non-hydrogen) atoms. The maximum Gasteiger partial charge on any atom is 0.322 e. The number of methoxy groups -OCH3 is 1. The monoisotopic (exact) mass is 278 g/mol. The number of hydrogen-bond acceptors (Lipinski definition) is 8. The predicted octanol–water partition coefficient (Wildman–Crippen LogP) is 1.33. The molecular formula is C11H14N6OS. The first-order chi connectivity index (χ1) is 9.10. The molecule has 0 spiro atoms. The lowest BCUT2D eigenvalue weighted by molar-refractivity contribution is 0.373. The Labute approximate surface area is 115 Å². The highest BCUT2D eigenvalue weighted by atomic mass is 32.2. The van der Waals surface area contributed by atoms with E-state index in [0.29, 0.717) is 5.16 Å². The molecule has 2 heterocycles. The normalized spacial score (nSPS) is 10.3. The molecule has 0 amide bonds. The molecule has 100 valence electrons. The number of hydrazine groups is 1. The Morgan fingerprint density at radius 3 is 2.58 bits per heavy atom. The van der Waals surface area contributed by atoms with E-state index < -0.39 is 0 Å². The van der Waals surface area contributed by atoms with Crippen LogP contribution in [-0.4, -0.2) is 27.0 Å². The summed E-state index contributed by atoms with van der Waals surface area (Å²) >= 11 is 1.33. The smallest absolute Gasteiger partial charge is 0.322 e. The van der Waals surface area contributed by atoms with E-state index in [0.717, 1.165) is 16.3 Å². The highest BCUT2D eigenvalue weighted by Gasteiger charge is 2.09. The van der Waals surface area contributed by atoms with Crippen LogP contribution in [0.15, 0.2) is 22.3 Å². The molecule has 2 aromatic rings. The molecule has 8 heteroatoms. The summed E-state index contributed by atoms with van der Waals surface area (Å²) in [6.45, 7) is 3.96. The third-order valence-electron chi connectivity index (χ3n) is 2.18. The summed E-state index contributed by atoms with van der Waals surface area (Å²) in [6, 6.07) is 4.17. The van der Waals surface area contributed by atoms with Crippen molar-refractivity contribution >= 4 is 17.7 Å². The minimum absolute atomic E-state index is 0.204. The molecule has 0 saturated heterocycles. The van der Waals surface area contributed by atoms with Gasteiger partial charge in [-0.05, 0) is 43.3 Å². The molecule has 0 aromatic carbocycles. The van der Waals surface area contributed by atoms with Gasteiger partial charge in [-0.3, -0.25) is 5.43 Å². The molecule has 0 atom stereocenters. The summed E-state index contributed by atoms with van der Waals surface area (Å²) in [4.78, 5) is 16.6. The van der Waals surface area contributed by atoms with Crippen molar-refractivity contribution in [1.82, 2.24) is 19.9 Å². The Hall–Kier alpha value is -1.93. The Kier molecular flexibility index (Phi) is 4.13. The zero-order chi connectivity index (χ0) is 13.8. The lowest BCUT2D eigenvalue weighted by Gasteiger charge is -2.05. The largest absolute Gasteiger partial charge is 0.467 e. The summed E-state index contributed by atoms with van der Waals surface area (Å²) < 4.78 is 4.99. The van der Waals surface area contributed by atoms with Crippen molar-refractivity contribution in [3.05, 3.63) is 23.4 Å². The van der Waals surface area contributed by atoms with Crippen molar-refractivity contribution in [3.63, 3.8) is 0 Å². The first-order valence-electron chi connectivity index (χ1n) is 5.50. The number of nitrogen functional groups attached to an aromatic ring is 1. The van der Waals surface area contributed by atoms with Gasteiger partial charge in [-0.2, -0.15) is 15.0 Å². The molecule has 0 bridgehead atoms. The fourth-order valence-electron chi connectivity index (χ4n) is 1.49. The SMILES string of the molecule is COc1nc(NN)nc(Sc2cc(C)cc(C)n2)n1. The number of aryl methyl sites for hydroxylation is 2. The average Bonchev–Trinajstić information content (AvgIpc) is 2.37. The van der Waals surface area contributed by atoms with Crippen LogP contribution in [0.1, 0.15) is 11.3 Å².